The highest BCUT2D eigenvalue weighted by Gasteiger charge is 2.27. The zero-order chi connectivity index (χ0) is 16.4. The van der Waals surface area contributed by atoms with Gasteiger partial charge in [0, 0.05) is 29.1 Å². The first-order valence-electron chi connectivity index (χ1n) is 7.73. The number of anilines is 1. The molecule has 0 spiro atoms. The molecule has 2 aromatic rings. The smallest absolute Gasteiger partial charge is 0.222 e. The highest BCUT2D eigenvalue weighted by molar-refractivity contribution is 9.10. The first-order valence-corrected chi connectivity index (χ1v) is 8.52. The van der Waals surface area contributed by atoms with Crippen molar-refractivity contribution in [2.24, 2.45) is 0 Å². The SMILES string of the molecule is Cc1cccnc1Oc1c(Br)ccc2c1CC[C@H](C)N2CC=O. The van der Waals surface area contributed by atoms with Gasteiger partial charge in [0.1, 0.15) is 12.0 Å². The number of fused-ring (bicyclic) bond motifs is 1. The van der Waals surface area contributed by atoms with Crippen LogP contribution in [0.25, 0.3) is 0 Å². The number of hydrogen-bond donors (Lipinski definition) is 0. The van der Waals surface area contributed by atoms with Crippen LogP contribution in [0.5, 0.6) is 11.6 Å². The maximum absolute atomic E-state index is 11.0. The molecule has 1 aliphatic rings. The number of rotatable bonds is 4. The average molecular weight is 375 g/mol. The molecule has 1 aromatic carbocycles. The Kier molecular flexibility index (Phi) is 4.66. The molecule has 1 atom stereocenters. The van der Waals surface area contributed by atoms with Crippen molar-refractivity contribution < 1.29 is 9.53 Å². The van der Waals surface area contributed by atoms with E-state index in [-0.39, 0.29) is 0 Å². The van der Waals surface area contributed by atoms with Gasteiger partial charge in [0.05, 0.1) is 11.0 Å². The molecule has 3 rings (SSSR count). The zero-order valence-electron chi connectivity index (χ0n) is 13.3. The minimum atomic E-state index is 0.346. The highest BCUT2D eigenvalue weighted by Crippen LogP contribution is 2.42. The van der Waals surface area contributed by atoms with Crippen molar-refractivity contribution in [3.8, 4) is 11.6 Å². The van der Waals surface area contributed by atoms with E-state index in [2.05, 4.69) is 38.8 Å². The molecule has 0 fully saturated rings. The molecule has 0 aliphatic carbocycles. The fraction of sp³-hybridized carbons (Fsp3) is 0.333. The Morgan fingerprint density at radius 2 is 2.26 bits per heavy atom. The maximum Gasteiger partial charge on any atom is 0.222 e. The van der Waals surface area contributed by atoms with E-state index < -0.39 is 0 Å². The van der Waals surface area contributed by atoms with E-state index in [1.807, 2.05) is 25.1 Å². The largest absolute Gasteiger partial charge is 0.437 e. The molecule has 120 valence electrons. The number of aldehydes is 1. The zero-order valence-corrected chi connectivity index (χ0v) is 14.8. The topological polar surface area (TPSA) is 42.4 Å². The second kappa shape index (κ2) is 6.71. The van der Waals surface area contributed by atoms with Gasteiger partial charge in [-0.1, -0.05) is 6.07 Å². The quantitative estimate of drug-likeness (QED) is 0.748. The van der Waals surface area contributed by atoms with Gasteiger partial charge < -0.3 is 14.4 Å². The lowest BCUT2D eigenvalue weighted by molar-refractivity contribution is -0.106. The van der Waals surface area contributed by atoms with Crippen LogP contribution in [0.15, 0.2) is 34.9 Å². The Morgan fingerprint density at radius 1 is 1.43 bits per heavy atom. The van der Waals surface area contributed by atoms with E-state index in [9.17, 15) is 4.79 Å². The lowest BCUT2D eigenvalue weighted by Gasteiger charge is -2.36. The number of pyridine rings is 1. The molecule has 2 heterocycles. The molecule has 0 bridgehead atoms. The van der Waals surface area contributed by atoms with E-state index in [0.29, 0.717) is 18.5 Å². The van der Waals surface area contributed by atoms with E-state index >= 15 is 0 Å². The summed E-state index contributed by atoms with van der Waals surface area (Å²) in [4.78, 5) is 17.5. The molecule has 4 nitrogen and oxygen atoms in total. The number of aryl methyl sites for hydroxylation is 1. The Bertz CT molecular complexity index is 733. The summed E-state index contributed by atoms with van der Waals surface area (Å²) in [5, 5.41) is 0. The third-order valence-electron chi connectivity index (χ3n) is 4.27. The Hall–Kier alpha value is -1.88. The van der Waals surface area contributed by atoms with E-state index in [0.717, 1.165) is 46.2 Å². The minimum Gasteiger partial charge on any atom is -0.437 e. The van der Waals surface area contributed by atoms with E-state index in [4.69, 9.17) is 4.74 Å². The van der Waals surface area contributed by atoms with Crippen LogP contribution in [0.1, 0.15) is 24.5 Å². The molecule has 0 amide bonds. The van der Waals surface area contributed by atoms with Gasteiger partial charge in [0.2, 0.25) is 5.88 Å². The van der Waals surface area contributed by atoms with Crippen LogP contribution >= 0.6 is 15.9 Å². The van der Waals surface area contributed by atoms with E-state index in [1.165, 1.54) is 0 Å². The Morgan fingerprint density at radius 3 is 3.00 bits per heavy atom. The summed E-state index contributed by atoms with van der Waals surface area (Å²) in [5.41, 5.74) is 3.19. The molecule has 1 aliphatic heterocycles. The summed E-state index contributed by atoms with van der Waals surface area (Å²) in [6.45, 7) is 4.53. The average Bonchev–Trinajstić information content (AvgIpc) is 2.54. The van der Waals surface area contributed by atoms with Crippen molar-refractivity contribution in [1.29, 1.82) is 0 Å². The summed E-state index contributed by atoms with van der Waals surface area (Å²) in [7, 11) is 0. The summed E-state index contributed by atoms with van der Waals surface area (Å²) in [6.07, 6.45) is 4.60. The van der Waals surface area contributed by atoms with Gasteiger partial charge >= 0.3 is 0 Å². The molecular weight excluding hydrogens is 356 g/mol. The number of nitrogens with zero attached hydrogens (tertiary/aromatic N) is 2. The Labute approximate surface area is 144 Å². The molecule has 0 saturated heterocycles. The van der Waals surface area contributed by atoms with Gasteiger partial charge in [0.25, 0.3) is 0 Å². The molecule has 5 heteroatoms. The van der Waals surface area contributed by atoms with Crippen LogP contribution in [0.2, 0.25) is 0 Å². The lowest BCUT2D eigenvalue weighted by Crippen LogP contribution is -2.38. The fourth-order valence-corrected chi connectivity index (χ4v) is 3.44. The predicted molar refractivity (Wildman–Crippen MR) is 94.4 cm³/mol. The van der Waals surface area contributed by atoms with Gasteiger partial charge in [0.15, 0.2) is 0 Å². The second-order valence-electron chi connectivity index (χ2n) is 5.81. The second-order valence-corrected chi connectivity index (χ2v) is 6.66. The lowest BCUT2D eigenvalue weighted by atomic mass is 9.96. The highest BCUT2D eigenvalue weighted by atomic mass is 79.9. The first-order chi connectivity index (χ1) is 11.1. The molecular formula is C18H19BrN2O2. The van der Waals surface area contributed by atoms with Crippen molar-refractivity contribution in [1.82, 2.24) is 4.98 Å². The standard InChI is InChI=1S/C18H19BrN2O2/c1-12-4-3-9-20-18(12)23-17-14-6-5-13(2)21(10-11-22)16(14)8-7-15(17)19/h3-4,7-9,11,13H,5-6,10H2,1-2H3/t13-/m0/s1. The van der Waals surface area contributed by atoms with E-state index in [1.54, 1.807) is 6.20 Å². The molecule has 0 radical (unpaired) electrons. The number of carbonyl (C=O) groups excluding carboxylic acids is 1. The van der Waals surface area contributed by atoms with Gasteiger partial charge in [-0.05, 0) is 60.8 Å². The van der Waals surface area contributed by atoms with Crippen molar-refractivity contribution >= 4 is 27.9 Å². The number of ether oxygens (including phenoxy) is 1. The summed E-state index contributed by atoms with van der Waals surface area (Å²) < 4.78 is 7.03. The fourth-order valence-electron chi connectivity index (χ4n) is 2.99. The van der Waals surface area contributed by atoms with Crippen molar-refractivity contribution in [2.75, 3.05) is 11.4 Å². The Balaban J connectivity index is 2.05. The third kappa shape index (κ3) is 3.11. The summed E-state index contributed by atoms with van der Waals surface area (Å²) in [6, 6.07) is 8.25. The number of carbonyl (C=O) groups is 1. The third-order valence-corrected chi connectivity index (χ3v) is 4.90. The van der Waals surface area contributed by atoms with Crippen LogP contribution in [-0.4, -0.2) is 23.9 Å². The normalized spacial score (nSPS) is 16.8. The molecule has 0 saturated carbocycles. The molecule has 23 heavy (non-hydrogen) atoms. The van der Waals surface area contributed by atoms with Crippen LogP contribution in [-0.2, 0) is 11.2 Å². The van der Waals surface area contributed by atoms with Gasteiger partial charge in [-0.25, -0.2) is 4.98 Å². The number of halogens is 1. The van der Waals surface area contributed by atoms with Gasteiger partial charge in [-0.15, -0.1) is 0 Å². The number of hydrogen-bond acceptors (Lipinski definition) is 4. The summed E-state index contributed by atoms with van der Waals surface area (Å²) >= 11 is 3.59. The van der Waals surface area contributed by atoms with Crippen molar-refractivity contribution in [3.63, 3.8) is 0 Å². The maximum atomic E-state index is 11.0. The van der Waals surface area contributed by atoms with Crippen LogP contribution in [0.3, 0.4) is 0 Å². The van der Waals surface area contributed by atoms with Gasteiger partial charge in [-0.2, -0.15) is 0 Å². The van der Waals surface area contributed by atoms with Crippen LogP contribution in [0.4, 0.5) is 5.69 Å². The summed E-state index contributed by atoms with van der Waals surface area (Å²) in [5.74, 6) is 1.41. The van der Waals surface area contributed by atoms with Crippen LogP contribution < -0.4 is 9.64 Å². The minimum absolute atomic E-state index is 0.346. The predicted octanol–water partition coefficient (Wildman–Crippen LogP) is 4.28. The molecule has 0 unspecified atom stereocenters. The first kappa shape index (κ1) is 16.0. The van der Waals surface area contributed by atoms with Crippen LogP contribution in [0, 0.1) is 6.92 Å². The van der Waals surface area contributed by atoms with Gasteiger partial charge in [-0.3, -0.25) is 0 Å². The molecule has 0 N–H and O–H groups in total. The van der Waals surface area contributed by atoms with Crippen molar-refractivity contribution in [3.05, 3.63) is 46.1 Å². The number of aromatic nitrogens is 1. The molecule has 1 aromatic heterocycles. The van der Waals surface area contributed by atoms with Crippen molar-refractivity contribution in [2.45, 2.75) is 32.7 Å². The number of benzene rings is 1. The monoisotopic (exact) mass is 374 g/mol.